The van der Waals surface area contributed by atoms with Crippen LogP contribution in [0.2, 0.25) is 0 Å². The van der Waals surface area contributed by atoms with E-state index in [0.717, 1.165) is 71.4 Å². The Morgan fingerprint density at radius 3 is 1.04 bits per heavy atom. The van der Waals surface area contributed by atoms with Crippen LogP contribution in [0.5, 0.6) is 0 Å². The van der Waals surface area contributed by atoms with E-state index in [9.17, 15) is 0 Å². The van der Waals surface area contributed by atoms with Crippen molar-refractivity contribution < 1.29 is 0 Å². The van der Waals surface area contributed by atoms with Gasteiger partial charge in [-0.3, -0.25) is 0 Å². The molecule has 0 amide bonds. The maximum Gasteiger partial charge on any atom is 0.0546 e. The molecule has 2 N–H and O–H groups in total. The summed E-state index contributed by atoms with van der Waals surface area (Å²) in [5, 5.41) is 14.5. The molecule has 280 valence electrons. The van der Waals surface area contributed by atoms with Gasteiger partial charge in [-0.05, 0) is 133 Å². The lowest BCUT2D eigenvalue weighted by molar-refractivity contribution is 0.834. The van der Waals surface area contributed by atoms with Gasteiger partial charge in [-0.25, -0.2) is 0 Å². The third-order valence-electron chi connectivity index (χ3n) is 10.9. The molecule has 0 aromatic heterocycles. The van der Waals surface area contributed by atoms with Gasteiger partial charge in [-0.15, -0.1) is 0 Å². The topological polar surface area (TPSA) is 30.5 Å². The van der Waals surface area contributed by atoms with Crippen LogP contribution in [0.1, 0.15) is 50.7 Å². The summed E-state index contributed by atoms with van der Waals surface area (Å²) >= 11 is 0. The molecule has 0 fully saturated rings. The van der Waals surface area contributed by atoms with E-state index in [-0.39, 0.29) is 0 Å². The summed E-state index contributed by atoms with van der Waals surface area (Å²) in [6.45, 7) is 10.7. The van der Waals surface area contributed by atoms with Crippen LogP contribution in [0.15, 0.2) is 158 Å². The standard InChI is InChI=1S/C52H52N4/c1-5-7-33-53-39-21-29-43(30-22-39)55(41-25-17-37(3)18-26-41)51-35-49-46-14-10-12-16-48(46)52(36-50(49)45-13-9-11-15-47(45)51)56(42-27-19-38(4)20-28-42)44-31-23-40(24-32-44)54-34-8-6-2/h9-32,35-36,53-54H,5-8,33-34H2,1-4H3. The molecular weight excluding hydrogens is 681 g/mol. The van der Waals surface area contributed by atoms with Gasteiger partial charge in [0.1, 0.15) is 0 Å². The Bertz CT molecular complexity index is 2370. The highest BCUT2D eigenvalue weighted by atomic mass is 15.2. The summed E-state index contributed by atoms with van der Waals surface area (Å²) in [4.78, 5) is 4.85. The molecule has 8 aromatic rings. The van der Waals surface area contributed by atoms with Crippen LogP contribution in [0, 0.1) is 13.8 Å². The number of aryl methyl sites for hydroxylation is 2. The Morgan fingerprint density at radius 1 is 0.375 bits per heavy atom. The fourth-order valence-electron chi connectivity index (χ4n) is 7.80. The van der Waals surface area contributed by atoms with E-state index in [0.29, 0.717) is 0 Å². The minimum atomic E-state index is 0.977. The van der Waals surface area contributed by atoms with E-state index < -0.39 is 0 Å². The average Bonchev–Trinajstić information content (AvgIpc) is 3.24. The summed E-state index contributed by atoms with van der Waals surface area (Å²) in [5.41, 5.74) is 11.6. The summed E-state index contributed by atoms with van der Waals surface area (Å²) in [6, 6.07) is 58.3. The van der Waals surface area contributed by atoms with Crippen LogP contribution in [-0.2, 0) is 0 Å². The molecule has 56 heavy (non-hydrogen) atoms. The molecule has 0 aliphatic carbocycles. The predicted octanol–water partition coefficient (Wildman–Crippen LogP) is 15.1. The second-order valence-corrected chi connectivity index (χ2v) is 15.0. The Balaban J connectivity index is 1.34. The molecule has 0 bridgehead atoms. The first-order valence-electron chi connectivity index (χ1n) is 20.3. The van der Waals surface area contributed by atoms with Gasteiger partial charge >= 0.3 is 0 Å². The van der Waals surface area contributed by atoms with E-state index in [1.807, 2.05) is 0 Å². The maximum atomic E-state index is 3.60. The number of hydrogen-bond donors (Lipinski definition) is 2. The van der Waals surface area contributed by atoms with Gasteiger partial charge < -0.3 is 20.4 Å². The Hall–Kier alpha value is -6.26. The summed E-state index contributed by atoms with van der Waals surface area (Å²) in [7, 11) is 0. The number of nitrogens with one attached hydrogen (secondary N) is 2. The van der Waals surface area contributed by atoms with Crippen LogP contribution in [0.3, 0.4) is 0 Å². The average molecular weight is 733 g/mol. The number of benzene rings is 8. The highest BCUT2D eigenvalue weighted by molar-refractivity contribution is 6.24. The Morgan fingerprint density at radius 2 is 0.696 bits per heavy atom. The molecule has 0 radical (unpaired) electrons. The molecular formula is C52H52N4. The van der Waals surface area contributed by atoms with Crippen LogP contribution in [-0.4, -0.2) is 13.1 Å². The lowest BCUT2D eigenvalue weighted by Crippen LogP contribution is -2.12. The summed E-state index contributed by atoms with van der Waals surface area (Å²) in [5.74, 6) is 0. The lowest BCUT2D eigenvalue weighted by Gasteiger charge is -2.30. The van der Waals surface area contributed by atoms with E-state index >= 15 is 0 Å². The zero-order valence-electron chi connectivity index (χ0n) is 33.1. The van der Waals surface area contributed by atoms with Crippen molar-refractivity contribution in [1.29, 1.82) is 0 Å². The van der Waals surface area contributed by atoms with Crippen molar-refractivity contribution in [2.75, 3.05) is 33.5 Å². The van der Waals surface area contributed by atoms with Crippen LogP contribution in [0.25, 0.3) is 32.3 Å². The SMILES string of the molecule is CCCCNc1ccc(N(c2ccc(C)cc2)c2cc3c4ccccc4c(N(c4ccc(C)cc4)c4ccc(NCCCC)cc4)cc3c3ccccc23)cc1. The molecule has 0 saturated heterocycles. The third kappa shape index (κ3) is 7.52. The highest BCUT2D eigenvalue weighted by Gasteiger charge is 2.22. The molecule has 0 aliphatic rings. The largest absolute Gasteiger partial charge is 0.385 e. The number of nitrogens with zero attached hydrogens (tertiary/aromatic N) is 2. The molecule has 4 nitrogen and oxygen atoms in total. The quantitative estimate of drug-likeness (QED) is 0.0861. The van der Waals surface area contributed by atoms with E-state index in [1.165, 1.54) is 56.3 Å². The van der Waals surface area contributed by atoms with Gasteiger partial charge in [0, 0.05) is 58.0 Å². The zero-order valence-corrected chi connectivity index (χ0v) is 33.1. The van der Waals surface area contributed by atoms with Gasteiger partial charge in [0.05, 0.1) is 11.4 Å². The monoisotopic (exact) mass is 732 g/mol. The number of hydrogen-bond acceptors (Lipinski definition) is 4. The summed E-state index contributed by atoms with van der Waals surface area (Å²) in [6.07, 6.45) is 4.65. The van der Waals surface area contributed by atoms with Gasteiger partial charge in [0.15, 0.2) is 0 Å². The normalized spacial score (nSPS) is 11.3. The van der Waals surface area contributed by atoms with Crippen molar-refractivity contribution in [3.8, 4) is 0 Å². The smallest absolute Gasteiger partial charge is 0.0546 e. The number of fused-ring (bicyclic) bond motifs is 5. The maximum absolute atomic E-state index is 3.60. The van der Waals surface area contributed by atoms with Gasteiger partial charge in [-0.2, -0.15) is 0 Å². The van der Waals surface area contributed by atoms with Crippen molar-refractivity contribution in [1.82, 2.24) is 0 Å². The molecule has 8 aromatic carbocycles. The van der Waals surface area contributed by atoms with Gasteiger partial charge in [0.2, 0.25) is 0 Å². The molecule has 0 heterocycles. The third-order valence-corrected chi connectivity index (χ3v) is 10.9. The van der Waals surface area contributed by atoms with Crippen molar-refractivity contribution in [2.45, 2.75) is 53.4 Å². The van der Waals surface area contributed by atoms with Gasteiger partial charge in [-0.1, -0.05) is 111 Å². The second-order valence-electron chi connectivity index (χ2n) is 15.0. The first-order chi connectivity index (χ1) is 27.5. The first kappa shape index (κ1) is 36.7. The van der Waals surface area contributed by atoms with Crippen molar-refractivity contribution in [3.63, 3.8) is 0 Å². The molecule has 0 aliphatic heterocycles. The number of unbranched alkanes of at least 4 members (excludes halogenated alkanes) is 2. The zero-order chi connectivity index (χ0) is 38.4. The minimum absolute atomic E-state index is 0.977. The fourth-order valence-corrected chi connectivity index (χ4v) is 7.80. The molecule has 0 atom stereocenters. The molecule has 4 heteroatoms. The van der Waals surface area contributed by atoms with Gasteiger partial charge in [0.25, 0.3) is 0 Å². The van der Waals surface area contributed by atoms with Crippen LogP contribution in [0.4, 0.5) is 45.5 Å². The lowest BCUT2D eigenvalue weighted by atomic mass is 9.93. The van der Waals surface area contributed by atoms with Crippen LogP contribution < -0.4 is 20.4 Å². The van der Waals surface area contributed by atoms with E-state index in [1.54, 1.807) is 0 Å². The minimum Gasteiger partial charge on any atom is -0.385 e. The first-order valence-corrected chi connectivity index (χ1v) is 20.3. The molecule has 0 saturated carbocycles. The van der Waals surface area contributed by atoms with Crippen LogP contribution >= 0.6 is 0 Å². The molecule has 8 rings (SSSR count). The van der Waals surface area contributed by atoms with Crippen molar-refractivity contribution >= 4 is 77.8 Å². The fraction of sp³-hybridized carbons (Fsp3) is 0.192. The highest BCUT2D eigenvalue weighted by Crippen LogP contribution is 2.47. The second kappa shape index (κ2) is 16.6. The van der Waals surface area contributed by atoms with E-state index in [2.05, 4.69) is 206 Å². The molecule has 0 spiro atoms. The van der Waals surface area contributed by atoms with Crippen molar-refractivity contribution in [2.24, 2.45) is 0 Å². The Kier molecular flexibility index (Phi) is 10.9. The number of rotatable bonds is 14. The van der Waals surface area contributed by atoms with E-state index in [4.69, 9.17) is 0 Å². The van der Waals surface area contributed by atoms with Crippen molar-refractivity contribution in [3.05, 3.63) is 169 Å². The summed E-state index contributed by atoms with van der Waals surface area (Å²) < 4.78 is 0. The predicted molar refractivity (Wildman–Crippen MR) is 245 cm³/mol. The Labute approximate surface area is 332 Å². The molecule has 0 unspecified atom stereocenters. The number of anilines is 8.